The first kappa shape index (κ1) is 10.6. The summed E-state index contributed by atoms with van der Waals surface area (Å²) in [6.07, 6.45) is 3.40. The second-order valence-electron chi connectivity index (χ2n) is 4.06. The molecule has 0 amide bonds. The lowest BCUT2D eigenvalue weighted by atomic mass is 10.2. The summed E-state index contributed by atoms with van der Waals surface area (Å²) in [7, 11) is 1.86. The van der Waals surface area contributed by atoms with Crippen LogP contribution in [0, 0.1) is 0 Å². The molecule has 0 bridgehead atoms. The van der Waals surface area contributed by atoms with Gasteiger partial charge < -0.3 is 14.8 Å². The summed E-state index contributed by atoms with van der Waals surface area (Å²) in [5, 5.41) is 19.2. The second kappa shape index (κ2) is 3.73. The minimum atomic E-state index is 0.00126. The van der Waals surface area contributed by atoms with Crippen LogP contribution in [0.25, 0.3) is 22.4 Å². The Balaban J connectivity index is 2.28. The van der Waals surface area contributed by atoms with Crippen LogP contribution in [-0.4, -0.2) is 24.7 Å². The first-order chi connectivity index (χ1) is 8.66. The van der Waals surface area contributed by atoms with E-state index >= 15 is 0 Å². The number of hydrogen-bond donors (Lipinski definition) is 2. The molecule has 0 saturated carbocycles. The summed E-state index contributed by atoms with van der Waals surface area (Å²) in [5.74, 6) is 0.661. The molecule has 0 saturated heterocycles. The quantitative estimate of drug-likeness (QED) is 0.684. The van der Waals surface area contributed by atoms with E-state index in [-0.39, 0.29) is 11.5 Å². The van der Waals surface area contributed by atoms with E-state index in [4.69, 9.17) is 0 Å². The van der Waals surface area contributed by atoms with Crippen molar-refractivity contribution in [3.8, 4) is 22.9 Å². The summed E-state index contributed by atoms with van der Waals surface area (Å²) in [5.41, 5.74) is 2.28. The first-order valence-corrected chi connectivity index (χ1v) is 5.45. The van der Waals surface area contributed by atoms with Crippen LogP contribution in [0.4, 0.5) is 0 Å². The predicted octanol–water partition coefficient (Wildman–Crippen LogP) is 2.05. The number of pyridine rings is 1. The van der Waals surface area contributed by atoms with Gasteiger partial charge in [0, 0.05) is 19.3 Å². The Morgan fingerprint density at radius 3 is 2.72 bits per heavy atom. The van der Waals surface area contributed by atoms with Crippen molar-refractivity contribution in [2.45, 2.75) is 0 Å². The van der Waals surface area contributed by atoms with Crippen LogP contribution in [0.5, 0.6) is 11.5 Å². The maximum atomic E-state index is 9.87. The Bertz CT molecular complexity index is 734. The SMILES string of the molecule is Cn1c(-c2ccc(O)cc2O)nc2ccncc21. The van der Waals surface area contributed by atoms with Crippen molar-refractivity contribution in [2.24, 2.45) is 7.05 Å². The zero-order chi connectivity index (χ0) is 12.7. The summed E-state index contributed by atoms with van der Waals surface area (Å²) in [6.45, 7) is 0. The molecule has 2 aromatic heterocycles. The fraction of sp³-hybridized carbons (Fsp3) is 0.0769. The van der Waals surface area contributed by atoms with Crippen molar-refractivity contribution in [3.05, 3.63) is 36.7 Å². The van der Waals surface area contributed by atoms with Crippen LogP contribution < -0.4 is 0 Å². The number of aromatic hydroxyl groups is 2. The third kappa shape index (κ3) is 1.48. The number of nitrogens with zero attached hydrogens (tertiary/aromatic N) is 3. The topological polar surface area (TPSA) is 71.2 Å². The lowest BCUT2D eigenvalue weighted by molar-refractivity contribution is 0.451. The van der Waals surface area contributed by atoms with Crippen LogP contribution in [0.3, 0.4) is 0 Å². The number of benzene rings is 1. The molecule has 1 aromatic carbocycles. The molecule has 5 nitrogen and oxygen atoms in total. The molecule has 18 heavy (non-hydrogen) atoms. The minimum Gasteiger partial charge on any atom is -0.508 e. The van der Waals surface area contributed by atoms with Crippen molar-refractivity contribution < 1.29 is 10.2 Å². The monoisotopic (exact) mass is 241 g/mol. The lowest BCUT2D eigenvalue weighted by Gasteiger charge is -2.05. The third-order valence-electron chi connectivity index (χ3n) is 2.91. The summed E-state index contributed by atoms with van der Waals surface area (Å²) in [4.78, 5) is 8.51. The average Bonchev–Trinajstić information content (AvgIpc) is 2.68. The molecule has 2 heterocycles. The number of hydrogen-bond acceptors (Lipinski definition) is 4. The van der Waals surface area contributed by atoms with E-state index in [1.165, 1.54) is 12.1 Å². The van der Waals surface area contributed by atoms with Crippen molar-refractivity contribution >= 4 is 11.0 Å². The lowest BCUT2D eigenvalue weighted by Crippen LogP contribution is -1.92. The molecule has 5 heteroatoms. The van der Waals surface area contributed by atoms with Gasteiger partial charge in [-0.3, -0.25) is 4.98 Å². The Morgan fingerprint density at radius 2 is 2.00 bits per heavy atom. The second-order valence-corrected chi connectivity index (χ2v) is 4.06. The standard InChI is InChI=1S/C13H11N3O2/c1-16-11-7-14-5-4-10(11)15-13(16)9-3-2-8(17)6-12(9)18/h2-7,17-18H,1H3. The van der Waals surface area contributed by atoms with E-state index in [0.29, 0.717) is 11.4 Å². The zero-order valence-corrected chi connectivity index (χ0v) is 9.70. The highest BCUT2D eigenvalue weighted by Crippen LogP contribution is 2.32. The Labute approximate surface area is 103 Å². The highest BCUT2D eigenvalue weighted by molar-refractivity contribution is 5.81. The Morgan fingerprint density at radius 1 is 1.17 bits per heavy atom. The van der Waals surface area contributed by atoms with Crippen LogP contribution in [0.15, 0.2) is 36.7 Å². The van der Waals surface area contributed by atoms with E-state index in [9.17, 15) is 10.2 Å². The van der Waals surface area contributed by atoms with Crippen molar-refractivity contribution in [2.75, 3.05) is 0 Å². The van der Waals surface area contributed by atoms with Gasteiger partial charge in [-0.2, -0.15) is 0 Å². The van der Waals surface area contributed by atoms with Gasteiger partial charge in [-0.1, -0.05) is 0 Å². The van der Waals surface area contributed by atoms with Crippen LogP contribution >= 0.6 is 0 Å². The molecule has 0 aliphatic carbocycles. The molecule has 2 N–H and O–H groups in total. The highest BCUT2D eigenvalue weighted by atomic mass is 16.3. The summed E-state index contributed by atoms with van der Waals surface area (Å²) < 4.78 is 1.86. The minimum absolute atomic E-state index is 0.00126. The largest absolute Gasteiger partial charge is 0.508 e. The van der Waals surface area contributed by atoms with Crippen LogP contribution in [0.2, 0.25) is 0 Å². The fourth-order valence-electron chi connectivity index (χ4n) is 1.98. The zero-order valence-electron chi connectivity index (χ0n) is 9.70. The van der Waals surface area contributed by atoms with Crippen molar-refractivity contribution in [1.29, 1.82) is 0 Å². The molecule has 0 spiro atoms. The van der Waals surface area contributed by atoms with Gasteiger partial charge >= 0.3 is 0 Å². The smallest absolute Gasteiger partial charge is 0.144 e. The van der Waals surface area contributed by atoms with Gasteiger partial charge in [0.1, 0.15) is 17.3 Å². The number of phenols is 2. The average molecular weight is 241 g/mol. The predicted molar refractivity (Wildman–Crippen MR) is 67.3 cm³/mol. The molecule has 0 fully saturated rings. The number of aryl methyl sites for hydroxylation is 1. The molecule has 0 aliphatic rings. The maximum absolute atomic E-state index is 9.87. The molecule has 0 aliphatic heterocycles. The van der Waals surface area contributed by atoms with Gasteiger partial charge in [0.2, 0.25) is 0 Å². The van der Waals surface area contributed by atoms with Crippen molar-refractivity contribution in [1.82, 2.24) is 14.5 Å². The van der Waals surface area contributed by atoms with Gasteiger partial charge in [0.05, 0.1) is 22.8 Å². The fourth-order valence-corrected chi connectivity index (χ4v) is 1.98. The number of phenolic OH excluding ortho intramolecular Hbond substituents is 2. The molecule has 90 valence electrons. The highest BCUT2D eigenvalue weighted by Gasteiger charge is 2.13. The number of imidazole rings is 1. The maximum Gasteiger partial charge on any atom is 0.144 e. The molecule has 0 unspecified atom stereocenters. The van der Waals surface area contributed by atoms with Gasteiger partial charge in [-0.15, -0.1) is 0 Å². The van der Waals surface area contributed by atoms with Crippen molar-refractivity contribution in [3.63, 3.8) is 0 Å². The normalized spacial score (nSPS) is 10.9. The van der Waals surface area contributed by atoms with Gasteiger partial charge in [0.15, 0.2) is 0 Å². The molecular formula is C13H11N3O2. The number of rotatable bonds is 1. The van der Waals surface area contributed by atoms with Gasteiger partial charge in [0.25, 0.3) is 0 Å². The molecule has 3 rings (SSSR count). The molecule has 0 radical (unpaired) electrons. The summed E-state index contributed by atoms with van der Waals surface area (Å²) in [6, 6.07) is 6.27. The van der Waals surface area contributed by atoms with E-state index in [1.54, 1.807) is 18.5 Å². The third-order valence-corrected chi connectivity index (χ3v) is 2.91. The Hall–Kier alpha value is -2.56. The van der Waals surface area contributed by atoms with Crippen LogP contribution in [-0.2, 0) is 7.05 Å². The number of fused-ring (bicyclic) bond motifs is 1. The summed E-state index contributed by atoms with van der Waals surface area (Å²) >= 11 is 0. The molecular weight excluding hydrogens is 230 g/mol. The molecule has 0 atom stereocenters. The van der Waals surface area contributed by atoms with E-state index < -0.39 is 0 Å². The van der Waals surface area contributed by atoms with E-state index in [2.05, 4.69) is 9.97 Å². The first-order valence-electron chi connectivity index (χ1n) is 5.45. The van der Waals surface area contributed by atoms with Gasteiger partial charge in [-0.25, -0.2) is 4.98 Å². The van der Waals surface area contributed by atoms with Crippen LogP contribution in [0.1, 0.15) is 0 Å². The molecule has 3 aromatic rings. The number of aromatic nitrogens is 3. The Kier molecular flexibility index (Phi) is 2.19. The van der Waals surface area contributed by atoms with Gasteiger partial charge in [-0.05, 0) is 18.2 Å². The van der Waals surface area contributed by atoms with E-state index in [0.717, 1.165) is 11.0 Å². The van der Waals surface area contributed by atoms with E-state index in [1.807, 2.05) is 17.7 Å².